The molecule has 0 radical (unpaired) electrons. The van der Waals surface area contributed by atoms with Crippen LogP contribution in [0.4, 0.5) is 0 Å². The minimum atomic E-state index is 0.434. The van der Waals surface area contributed by atoms with Crippen LogP contribution in [0.1, 0.15) is 63.3 Å². The fourth-order valence-corrected chi connectivity index (χ4v) is 2.40. The van der Waals surface area contributed by atoms with Crippen LogP contribution in [0.5, 0.6) is 0 Å². The highest BCUT2D eigenvalue weighted by molar-refractivity contribution is 5.31. The third-order valence-corrected chi connectivity index (χ3v) is 4.02. The average Bonchev–Trinajstić information content (AvgIpc) is 2.32. The van der Waals surface area contributed by atoms with Gasteiger partial charge in [-0.25, -0.2) is 0 Å². The van der Waals surface area contributed by atoms with Gasteiger partial charge in [0.15, 0.2) is 0 Å². The van der Waals surface area contributed by atoms with E-state index >= 15 is 0 Å². The van der Waals surface area contributed by atoms with Gasteiger partial charge in [0.2, 0.25) is 0 Å². The van der Waals surface area contributed by atoms with Crippen LogP contribution in [-0.2, 0) is 0 Å². The fourth-order valence-electron chi connectivity index (χ4n) is 2.40. The van der Waals surface area contributed by atoms with E-state index < -0.39 is 0 Å². The van der Waals surface area contributed by atoms with E-state index in [-0.39, 0.29) is 0 Å². The molecule has 102 valence electrons. The zero-order valence-corrected chi connectivity index (χ0v) is 12.9. The molecule has 1 rings (SSSR count). The molecular formula is C17H29N. The van der Waals surface area contributed by atoms with Crippen LogP contribution in [0.15, 0.2) is 18.2 Å². The van der Waals surface area contributed by atoms with Gasteiger partial charge in [-0.3, -0.25) is 0 Å². The summed E-state index contributed by atoms with van der Waals surface area (Å²) < 4.78 is 0. The van der Waals surface area contributed by atoms with Gasteiger partial charge in [0, 0.05) is 12.1 Å². The smallest absolute Gasteiger partial charge is 0.0294 e. The van der Waals surface area contributed by atoms with Crippen LogP contribution in [0.25, 0.3) is 0 Å². The summed E-state index contributed by atoms with van der Waals surface area (Å²) in [5, 5.41) is 3.71. The molecule has 0 saturated carbocycles. The first-order valence-corrected chi connectivity index (χ1v) is 7.27. The zero-order chi connectivity index (χ0) is 13.7. The number of hydrogen-bond donors (Lipinski definition) is 1. The molecule has 0 aliphatic heterocycles. The Morgan fingerprint density at radius 2 is 1.72 bits per heavy atom. The summed E-state index contributed by atoms with van der Waals surface area (Å²) in [5.74, 6) is 0.805. The predicted octanol–water partition coefficient (Wildman–Crippen LogP) is 4.78. The van der Waals surface area contributed by atoms with Crippen LogP contribution in [-0.4, -0.2) is 6.04 Å². The van der Waals surface area contributed by atoms with E-state index in [0.717, 1.165) is 5.92 Å². The van der Waals surface area contributed by atoms with Crippen LogP contribution in [0.3, 0.4) is 0 Å². The van der Waals surface area contributed by atoms with Gasteiger partial charge < -0.3 is 5.32 Å². The molecule has 0 spiro atoms. The Kier molecular flexibility index (Phi) is 5.87. The Labute approximate surface area is 113 Å². The number of aryl methyl sites for hydroxylation is 2. The Balaban J connectivity index is 2.58. The topological polar surface area (TPSA) is 12.0 Å². The monoisotopic (exact) mass is 247 g/mol. The highest BCUT2D eigenvalue weighted by atomic mass is 14.9. The molecule has 0 amide bonds. The van der Waals surface area contributed by atoms with E-state index in [1.54, 1.807) is 0 Å². The van der Waals surface area contributed by atoms with Crippen LogP contribution in [0.2, 0.25) is 0 Å². The number of nitrogens with one attached hydrogen (secondary N) is 1. The molecule has 3 atom stereocenters. The average molecular weight is 247 g/mol. The maximum absolute atomic E-state index is 3.71. The van der Waals surface area contributed by atoms with E-state index in [4.69, 9.17) is 0 Å². The summed E-state index contributed by atoms with van der Waals surface area (Å²) in [4.78, 5) is 0. The molecular weight excluding hydrogens is 218 g/mol. The van der Waals surface area contributed by atoms with Crippen molar-refractivity contribution in [2.45, 2.75) is 66.5 Å². The Bertz CT molecular complexity index is 370. The Morgan fingerprint density at radius 3 is 2.28 bits per heavy atom. The van der Waals surface area contributed by atoms with Gasteiger partial charge in [-0.1, -0.05) is 38.5 Å². The molecule has 0 heterocycles. The van der Waals surface area contributed by atoms with Crippen LogP contribution >= 0.6 is 0 Å². The number of benzene rings is 1. The summed E-state index contributed by atoms with van der Waals surface area (Å²) in [7, 11) is 0. The molecule has 1 aromatic carbocycles. The molecule has 0 aromatic heterocycles. The van der Waals surface area contributed by atoms with E-state index in [1.807, 2.05) is 0 Å². The van der Waals surface area contributed by atoms with E-state index in [0.29, 0.717) is 12.1 Å². The first-order valence-electron chi connectivity index (χ1n) is 7.27. The normalized spacial score (nSPS) is 16.3. The van der Waals surface area contributed by atoms with Crippen molar-refractivity contribution in [1.29, 1.82) is 0 Å². The second-order valence-corrected chi connectivity index (χ2v) is 5.88. The van der Waals surface area contributed by atoms with Gasteiger partial charge >= 0.3 is 0 Å². The molecule has 18 heavy (non-hydrogen) atoms. The van der Waals surface area contributed by atoms with Crippen molar-refractivity contribution in [3.05, 3.63) is 34.9 Å². The minimum absolute atomic E-state index is 0.434. The largest absolute Gasteiger partial charge is 0.308 e. The van der Waals surface area contributed by atoms with Crippen molar-refractivity contribution in [2.75, 3.05) is 0 Å². The summed E-state index contributed by atoms with van der Waals surface area (Å²) in [6, 6.07) is 7.79. The van der Waals surface area contributed by atoms with Crippen molar-refractivity contribution < 1.29 is 0 Å². The lowest BCUT2D eigenvalue weighted by atomic mass is 9.98. The number of rotatable bonds is 6. The molecule has 0 bridgehead atoms. The first-order chi connectivity index (χ1) is 8.43. The summed E-state index contributed by atoms with van der Waals surface area (Å²) in [5.41, 5.74) is 4.16. The van der Waals surface area contributed by atoms with Crippen molar-refractivity contribution in [3.8, 4) is 0 Å². The van der Waals surface area contributed by atoms with Crippen LogP contribution < -0.4 is 5.32 Å². The molecule has 0 saturated heterocycles. The van der Waals surface area contributed by atoms with Gasteiger partial charge in [-0.2, -0.15) is 0 Å². The zero-order valence-electron chi connectivity index (χ0n) is 12.9. The second kappa shape index (κ2) is 6.94. The third-order valence-electron chi connectivity index (χ3n) is 4.02. The standard InChI is InChI=1S/C17H29N/c1-7-12(2)10-15(5)18-16(6)17-9-8-13(3)14(4)11-17/h8-9,11-12,15-16,18H,7,10H2,1-6H3. The lowest BCUT2D eigenvalue weighted by Crippen LogP contribution is -2.30. The van der Waals surface area contributed by atoms with Gasteiger partial charge in [0.25, 0.3) is 0 Å². The van der Waals surface area contributed by atoms with Gasteiger partial charge in [-0.15, -0.1) is 0 Å². The predicted molar refractivity (Wildman–Crippen MR) is 81.0 cm³/mol. The number of hydrogen-bond acceptors (Lipinski definition) is 1. The van der Waals surface area contributed by atoms with Gasteiger partial charge in [0.1, 0.15) is 0 Å². The highest BCUT2D eigenvalue weighted by Crippen LogP contribution is 2.19. The molecule has 0 aliphatic carbocycles. The molecule has 1 aromatic rings. The SMILES string of the molecule is CCC(C)CC(C)NC(C)c1ccc(C)c(C)c1. The van der Waals surface area contributed by atoms with Crippen molar-refractivity contribution >= 4 is 0 Å². The molecule has 1 N–H and O–H groups in total. The second-order valence-electron chi connectivity index (χ2n) is 5.88. The highest BCUT2D eigenvalue weighted by Gasteiger charge is 2.12. The van der Waals surface area contributed by atoms with Crippen molar-refractivity contribution in [3.63, 3.8) is 0 Å². The summed E-state index contributed by atoms with van der Waals surface area (Å²) >= 11 is 0. The fraction of sp³-hybridized carbons (Fsp3) is 0.647. The summed E-state index contributed by atoms with van der Waals surface area (Å²) in [6.45, 7) is 13.5. The van der Waals surface area contributed by atoms with Crippen LogP contribution in [0, 0.1) is 19.8 Å². The Morgan fingerprint density at radius 1 is 1.06 bits per heavy atom. The lowest BCUT2D eigenvalue weighted by Gasteiger charge is -2.23. The third kappa shape index (κ3) is 4.45. The van der Waals surface area contributed by atoms with E-state index in [1.165, 1.54) is 29.5 Å². The maximum Gasteiger partial charge on any atom is 0.0294 e. The molecule has 1 nitrogen and oxygen atoms in total. The Hall–Kier alpha value is -0.820. The molecule has 1 heteroatoms. The van der Waals surface area contributed by atoms with E-state index in [2.05, 4.69) is 65.1 Å². The van der Waals surface area contributed by atoms with Crippen molar-refractivity contribution in [2.24, 2.45) is 5.92 Å². The maximum atomic E-state index is 3.71. The molecule has 0 fully saturated rings. The minimum Gasteiger partial charge on any atom is -0.308 e. The van der Waals surface area contributed by atoms with E-state index in [9.17, 15) is 0 Å². The molecule has 3 unspecified atom stereocenters. The van der Waals surface area contributed by atoms with Gasteiger partial charge in [-0.05, 0) is 56.7 Å². The first kappa shape index (κ1) is 15.2. The van der Waals surface area contributed by atoms with Gasteiger partial charge in [0.05, 0.1) is 0 Å². The molecule has 0 aliphatic rings. The van der Waals surface area contributed by atoms with Crippen molar-refractivity contribution in [1.82, 2.24) is 5.32 Å². The summed E-state index contributed by atoms with van der Waals surface area (Å²) in [6.07, 6.45) is 2.52. The lowest BCUT2D eigenvalue weighted by molar-refractivity contribution is 0.385. The quantitative estimate of drug-likeness (QED) is 0.763.